The van der Waals surface area contributed by atoms with Crippen LogP contribution in [0.3, 0.4) is 0 Å². The maximum Gasteiger partial charge on any atom is 0.347 e. The Morgan fingerprint density at radius 3 is 2.76 bits per heavy atom. The van der Waals surface area contributed by atoms with E-state index in [0.29, 0.717) is 10.6 Å². The van der Waals surface area contributed by atoms with Crippen molar-refractivity contribution in [1.82, 2.24) is 9.55 Å². The van der Waals surface area contributed by atoms with E-state index >= 15 is 0 Å². The first-order valence-electron chi connectivity index (χ1n) is 5.58. The molecule has 0 aliphatic heterocycles. The molecule has 2 rings (SSSR count). The van der Waals surface area contributed by atoms with Gasteiger partial charge in [0.15, 0.2) is 5.13 Å². The fourth-order valence-corrected chi connectivity index (χ4v) is 2.51. The molecule has 0 saturated heterocycles. The zero-order valence-corrected chi connectivity index (χ0v) is 10.4. The second kappa shape index (κ2) is 5.14. The van der Waals surface area contributed by atoms with Gasteiger partial charge in [-0.05, 0) is 25.0 Å². The van der Waals surface area contributed by atoms with Crippen LogP contribution in [0.5, 0.6) is 0 Å². The van der Waals surface area contributed by atoms with Gasteiger partial charge in [-0.15, -0.1) is 0 Å². The highest BCUT2D eigenvalue weighted by Crippen LogP contribution is 2.23. The maximum absolute atomic E-state index is 11.1. The normalized spacial score (nSPS) is 10.6. The molecule has 0 aliphatic carbocycles. The number of aromatic carboxylic acids is 1. The Kier molecular flexibility index (Phi) is 3.58. The first-order chi connectivity index (χ1) is 8.22. The minimum Gasteiger partial charge on any atom is -0.477 e. The van der Waals surface area contributed by atoms with Gasteiger partial charge in [0.05, 0.1) is 5.69 Å². The average Bonchev–Trinajstić information content (AvgIpc) is 2.94. The molecular weight excluding hydrogens is 236 g/mol. The second-order valence-corrected chi connectivity index (χ2v) is 4.75. The van der Waals surface area contributed by atoms with E-state index < -0.39 is 5.97 Å². The van der Waals surface area contributed by atoms with E-state index in [1.807, 2.05) is 29.1 Å². The number of hydrogen-bond donors (Lipinski definition) is 1. The Bertz CT molecular complexity index is 503. The molecule has 2 aromatic heterocycles. The molecule has 90 valence electrons. The Hall–Kier alpha value is -1.62. The SMILES string of the molecule is CCCCc1nc(-n2cccc2)sc1C(=O)O. The molecule has 0 aromatic carbocycles. The van der Waals surface area contributed by atoms with Crippen LogP contribution in [-0.2, 0) is 6.42 Å². The van der Waals surface area contributed by atoms with Crippen LogP contribution >= 0.6 is 11.3 Å². The van der Waals surface area contributed by atoms with Gasteiger partial charge >= 0.3 is 5.97 Å². The van der Waals surface area contributed by atoms with Crippen molar-refractivity contribution >= 4 is 17.3 Å². The zero-order chi connectivity index (χ0) is 12.3. The van der Waals surface area contributed by atoms with Crippen molar-refractivity contribution in [2.45, 2.75) is 26.2 Å². The third-order valence-corrected chi connectivity index (χ3v) is 3.57. The molecular formula is C12H14N2O2S. The van der Waals surface area contributed by atoms with Crippen molar-refractivity contribution in [2.75, 3.05) is 0 Å². The van der Waals surface area contributed by atoms with Gasteiger partial charge in [0.25, 0.3) is 0 Å². The van der Waals surface area contributed by atoms with Crippen LogP contribution in [0, 0.1) is 0 Å². The summed E-state index contributed by atoms with van der Waals surface area (Å²) in [5.41, 5.74) is 0.702. The summed E-state index contributed by atoms with van der Waals surface area (Å²) >= 11 is 1.23. The minimum atomic E-state index is -0.882. The molecule has 17 heavy (non-hydrogen) atoms. The Labute approximate surface area is 104 Å². The number of hydrogen-bond acceptors (Lipinski definition) is 3. The average molecular weight is 250 g/mol. The largest absolute Gasteiger partial charge is 0.477 e. The van der Waals surface area contributed by atoms with Crippen molar-refractivity contribution in [1.29, 1.82) is 0 Å². The number of unbranched alkanes of at least 4 members (excludes halogenated alkanes) is 1. The smallest absolute Gasteiger partial charge is 0.347 e. The van der Waals surface area contributed by atoms with Crippen LogP contribution in [0.1, 0.15) is 35.1 Å². The van der Waals surface area contributed by atoms with E-state index in [9.17, 15) is 4.79 Å². The van der Waals surface area contributed by atoms with Crippen LogP contribution in [0.4, 0.5) is 0 Å². The lowest BCUT2D eigenvalue weighted by molar-refractivity contribution is 0.0700. The summed E-state index contributed by atoms with van der Waals surface area (Å²) in [7, 11) is 0. The molecule has 0 unspecified atom stereocenters. The monoisotopic (exact) mass is 250 g/mol. The standard InChI is InChI=1S/C12H14N2O2S/c1-2-3-6-9-10(11(15)16)17-12(13-9)14-7-4-5-8-14/h4-5,7-8H,2-3,6H2,1H3,(H,15,16). The maximum atomic E-state index is 11.1. The molecule has 0 saturated carbocycles. The summed E-state index contributed by atoms with van der Waals surface area (Å²) in [6, 6.07) is 3.79. The molecule has 0 spiro atoms. The fourth-order valence-electron chi connectivity index (χ4n) is 1.59. The first kappa shape index (κ1) is 11.9. The summed E-state index contributed by atoms with van der Waals surface area (Å²) in [6.45, 7) is 2.08. The highest BCUT2D eigenvalue weighted by Gasteiger charge is 2.17. The highest BCUT2D eigenvalue weighted by atomic mass is 32.1. The number of carbonyl (C=O) groups is 1. The molecule has 2 heterocycles. The number of thiazole rings is 1. The molecule has 5 heteroatoms. The van der Waals surface area contributed by atoms with Gasteiger partial charge in [-0.25, -0.2) is 9.78 Å². The summed E-state index contributed by atoms with van der Waals surface area (Å²) < 4.78 is 1.84. The molecule has 2 aromatic rings. The lowest BCUT2D eigenvalue weighted by Gasteiger charge is -1.96. The van der Waals surface area contributed by atoms with Crippen molar-refractivity contribution in [3.05, 3.63) is 35.1 Å². The van der Waals surface area contributed by atoms with E-state index in [4.69, 9.17) is 5.11 Å². The van der Waals surface area contributed by atoms with E-state index in [2.05, 4.69) is 11.9 Å². The lowest BCUT2D eigenvalue weighted by Crippen LogP contribution is -1.99. The molecule has 1 N–H and O–H groups in total. The van der Waals surface area contributed by atoms with Crippen LogP contribution in [0.25, 0.3) is 5.13 Å². The van der Waals surface area contributed by atoms with Gasteiger partial charge in [0, 0.05) is 12.4 Å². The van der Waals surface area contributed by atoms with Gasteiger partial charge < -0.3 is 9.67 Å². The third-order valence-electron chi connectivity index (χ3n) is 2.47. The van der Waals surface area contributed by atoms with Crippen LogP contribution in [0.2, 0.25) is 0 Å². The van der Waals surface area contributed by atoms with Gasteiger partial charge in [-0.2, -0.15) is 0 Å². The Morgan fingerprint density at radius 1 is 1.47 bits per heavy atom. The molecule has 0 aliphatic rings. The van der Waals surface area contributed by atoms with Gasteiger partial charge in [0.1, 0.15) is 4.88 Å². The minimum absolute atomic E-state index is 0.363. The molecule has 0 fully saturated rings. The molecule has 0 atom stereocenters. The summed E-state index contributed by atoms with van der Waals surface area (Å²) in [6.07, 6.45) is 6.47. The number of rotatable bonds is 5. The number of aryl methyl sites for hydroxylation is 1. The second-order valence-electron chi connectivity index (χ2n) is 3.77. The predicted octanol–water partition coefficient (Wildman–Crippen LogP) is 2.97. The third kappa shape index (κ3) is 2.55. The van der Waals surface area contributed by atoms with Gasteiger partial charge in [0.2, 0.25) is 0 Å². The topological polar surface area (TPSA) is 55.1 Å². The number of carboxylic acids is 1. The summed E-state index contributed by atoms with van der Waals surface area (Å²) in [5.74, 6) is -0.882. The van der Waals surface area contributed by atoms with E-state index in [1.54, 1.807) is 0 Å². The summed E-state index contributed by atoms with van der Waals surface area (Å²) in [4.78, 5) is 15.9. The van der Waals surface area contributed by atoms with E-state index in [-0.39, 0.29) is 0 Å². The number of nitrogens with zero attached hydrogens (tertiary/aromatic N) is 2. The first-order valence-corrected chi connectivity index (χ1v) is 6.40. The van der Waals surface area contributed by atoms with Gasteiger partial charge in [-0.1, -0.05) is 24.7 Å². The number of aromatic nitrogens is 2. The fraction of sp³-hybridized carbons (Fsp3) is 0.333. The molecule has 4 nitrogen and oxygen atoms in total. The highest BCUT2D eigenvalue weighted by molar-refractivity contribution is 7.16. The summed E-state index contributed by atoms with van der Waals surface area (Å²) in [5, 5.41) is 9.86. The van der Waals surface area contributed by atoms with Gasteiger partial charge in [-0.3, -0.25) is 0 Å². The van der Waals surface area contributed by atoms with Crippen LogP contribution in [-0.4, -0.2) is 20.6 Å². The number of carboxylic acid groups (broad SMARTS) is 1. The quantitative estimate of drug-likeness (QED) is 0.887. The van der Waals surface area contributed by atoms with Crippen molar-refractivity contribution in [2.24, 2.45) is 0 Å². The van der Waals surface area contributed by atoms with E-state index in [1.165, 1.54) is 11.3 Å². The Morgan fingerprint density at radius 2 is 2.18 bits per heavy atom. The van der Waals surface area contributed by atoms with E-state index in [0.717, 1.165) is 24.4 Å². The molecule has 0 bridgehead atoms. The van der Waals surface area contributed by atoms with Crippen LogP contribution < -0.4 is 0 Å². The van der Waals surface area contributed by atoms with Crippen molar-refractivity contribution < 1.29 is 9.90 Å². The Balaban J connectivity index is 2.34. The predicted molar refractivity (Wildman–Crippen MR) is 67.0 cm³/mol. The van der Waals surface area contributed by atoms with Crippen molar-refractivity contribution in [3.8, 4) is 5.13 Å². The van der Waals surface area contributed by atoms with Crippen molar-refractivity contribution in [3.63, 3.8) is 0 Å². The molecule has 0 amide bonds. The zero-order valence-electron chi connectivity index (χ0n) is 9.59. The molecule has 0 radical (unpaired) electrons. The lowest BCUT2D eigenvalue weighted by atomic mass is 10.2. The van der Waals surface area contributed by atoms with Crippen LogP contribution in [0.15, 0.2) is 24.5 Å².